The molecule has 0 saturated carbocycles. The molecule has 0 bridgehead atoms. The molecule has 2 atom stereocenters. The second kappa shape index (κ2) is 9.91. The number of rotatable bonds is 6. The first-order valence-electron chi connectivity index (χ1n) is 10.1. The van der Waals surface area contributed by atoms with Crippen LogP contribution in [-0.2, 0) is 9.53 Å². The van der Waals surface area contributed by atoms with Gasteiger partial charge in [-0.05, 0) is 60.5 Å². The maximum Gasteiger partial charge on any atom is 0.315 e. The normalized spacial score (nSPS) is 18.1. The summed E-state index contributed by atoms with van der Waals surface area (Å²) in [5.41, 5.74) is 2.23. The van der Waals surface area contributed by atoms with E-state index in [1.165, 1.54) is 0 Å². The van der Waals surface area contributed by atoms with Gasteiger partial charge in [0.15, 0.2) is 5.78 Å². The summed E-state index contributed by atoms with van der Waals surface area (Å²) in [5.74, 6) is -0.665. The van der Waals surface area contributed by atoms with Gasteiger partial charge in [0.25, 0.3) is 0 Å². The van der Waals surface area contributed by atoms with Gasteiger partial charge in [0.1, 0.15) is 5.76 Å². The number of Topliss-reactive ketones (excluding diaryl/α,β-unsaturated/α-hetero) is 1. The van der Waals surface area contributed by atoms with E-state index in [-0.39, 0.29) is 24.1 Å². The van der Waals surface area contributed by atoms with Crippen molar-refractivity contribution >= 4 is 52.3 Å². The molecule has 0 aliphatic carbocycles. The second-order valence-electron chi connectivity index (χ2n) is 7.59. The highest BCUT2D eigenvalue weighted by Crippen LogP contribution is 2.39. The van der Waals surface area contributed by atoms with E-state index < -0.39 is 5.92 Å². The van der Waals surface area contributed by atoms with Crippen molar-refractivity contribution in [2.75, 3.05) is 0 Å². The zero-order valence-electron chi connectivity index (χ0n) is 16.9. The van der Waals surface area contributed by atoms with E-state index in [9.17, 15) is 9.59 Å². The number of esters is 1. The average molecular weight is 486 g/mol. The van der Waals surface area contributed by atoms with Gasteiger partial charge in [-0.3, -0.25) is 9.59 Å². The Morgan fingerprint density at radius 1 is 0.875 bits per heavy atom. The molecule has 3 aromatic rings. The minimum atomic E-state index is -0.486. The summed E-state index contributed by atoms with van der Waals surface area (Å²) >= 11 is 18.0. The summed E-state index contributed by atoms with van der Waals surface area (Å²) < 4.78 is 5.68. The van der Waals surface area contributed by atoms with E-state index in [4.69, 9.17) is 39.5 Å². The molecule has 32 heavy (non-hydrogen) atoms. The van der Waals surface area contributed by atoms with Gasteiger partial charge in [-0.25, -0.2) is 0 Å². The Hall–Kier alpha value is -2.59. The molecule has 0 fully saturated rings. The summed E-state index contributed by atoms with van der Waals surface area (Å²) in [6.07, 6.45) is 2.49. The molecule has 4 rings (SSSR count). The van der Waals surface area contributed by atoms with Crippen LogP contribution >= 0.6 is 34.8 Å². The van der Waals surface area contributed by atoms with Crippen molar-refractivity contribution in [2.24, 2.45) is 5.92 Å². The van der Waals surface area contributed by atoms with Gasteiger partial charge in [0, 0.05) is 28.5 Å². The third-order valence-corrected chi connectivity index (χ3v) is 6.51. The van der Waals surface area contributed by atoms with Crippen LogP contribution < -0.4 is 0 Å². The molecule has 0 spiro atoms. The van der Waals surface area contributed by atoms with E-state index in [0.717, 1.165) is 11.1 Å². The van der Waals surface area contributed by atoms with Crippen molar-refractivity contribution in [2.45, 2.75) is 18.8 Å². The molecule has 3 nitrogen and oxygen atoms in total. The number of cyclic esters (lactones) is 1. The third-order valence-electron chi connectivity index (χ3n) is 5.51. The van der Waals surface area contributed by atoms with Gasteiger partial charge < -0.3 is 4.74 Å². The van der Waals surface area contributed by atoms with E-state index in [0.29, 0.717) is 32.8 Å². The van der Waals surface area contributed by atoms with E-state index >= 15 is 0 Å². The summed E-state index contributed by atoms with van der Waals surface area (Å²) in [6.45, 7) is 0. The van der Waals surface area contributed by atoms with Crippen LogP contribution in [0.5, 0.6) is 0 Å². The fourth-order valence-electron chi connectivity index (χ4n) is 3.81. The first-order valence-corrected chi connectivity index (χ1v) is 11.3. The number of carbonyl (C=O) groups excluding carboxylic acids is 2. The molecule has 1 aliphatic heterocycles. The standard InChI is InChI=1S/C26H19Cl3O3/c27-19-9-6-17(7-10-19)25-15-21(16-4-2-1-3-5-16)20(26(31)32-25)11-13-24(30)18-8-12-22(28)23(29)14-18/h1-10,12,14-15,20-21H,11,13H2/t20-,21+/m0/s1. The molecule has 162 valence electrons. The molecule has 0 saturated heterocycles. The molecule has 1 heterocycles. The predicted molar refractivity (Wildman–Crippen MR) is 128 cm³/mol. The van der Waals surface area contributed by atoms with Crippen LogP contribution in [0, 0.1) is 5.92 Å². The Labute approximate surface area is 201 Å². The molecular weight excluding hydrogens is 467 g/mol. The van der Waals surface area contributed by atoms with Crippen LogP contribution in [0.25, 0.3) is 5.76 Å². The molecule has 1 aliphatic rings. The maximum absolute atomic E-state index is 13.0. The van der Waals surface area contributed by atoms with Crippen LogP contribution in [0.4, 0.5) is 0 Å². The maximum atomic E-state index is 13.0. The van der Waals surface area contributed by atoms with Gasteiger partial charge in [0.2, 0.25) is 0 Å². The van der Waals surface area contributed by atoms with Crippen LogP contribution in [-0.4, -0.2) is 11.8 Å². The highest BCUT2D eigenvalue weighted by atomic mass is 35.5. The number of ether oxygens (including phenoxy) is 1. The fourth-order valence-corrected chi connectivity index (χ4v) is 4.24. The Kier molecular flexibility index (Phi) is 7.00. The van der Waals surface area contributed by atoms with Crippen molar-refractivity contribution in [1.29, 1.82) is 0 Å². The van der Waals surface area contributed by atoms with Crippen molar-refractivity contribution in [3.63, 3.8) is 0 Å². The first kappa shape index (κ1) is 22.6. The summed E-state index contributed by atoms with van der Waals surface area (Å²) in [4.78, 5) is 25.8. The second-order valence-corrected chi connectivity index (χ2v) is 8.84. The van der Waals surface area contributed by atoms with Crippen molar-refractivity contribution < 1.29 is 14.3 Å². The number of hydrogen-bond donors (Lipinski definition) is 0. The largest absolute Gasteiger partial charge is 0.426 e. The van der Waals surface area contributed by atoms with E-state index in [1.54, 1.807) is 30.3 Å². The molecule has 3 aromatic carbocycles. The quantitative estimate of drug-likeness (QED) is 0.266. The van der Waals surface area contributed by atoms with Gasteiger partial charge in [-0.2, -0.15) is 0 Å². The highest BCUT2D eigenvalue weighted by molar-refractivity contribution is 6.42. The average Bonchev–Trinajstić information content (AvgIpc) is 2.80. The summed E-state index contributed by atoms with van der Waals surface area (Å²) in [5, 5.41) is 1.32. The van der Waals surface area contributed by atoms with Gasteiger partial charge in [0.05, 0.1) is 16.0 Å². The molecule has 6 heteroatoms. The lowest BCUT2D eigenvalue weighted by molar-refractivity contribution is -0.143. The topological polar surface area (TPSA) is 43.4 Å². The van der Waals surface area contributed by atoms with Crippen molar-refractivity contribution in [3.8, 4) is 0 Å². The number of hydrogen-bond acceptors (Lipinski definition) is 3. The predicted octanol–water partition coefficient (Wildman–Crippen LogP) is 7.61. The zero-order chi connectivity index (χ0) is 22.7. The summed E-state index contributed by atoms with van der Waals surface area (Å²) in [7, 11) is 0. The Morgan fingerprint density at radius 2 is 1.59 bits per heavy atom. The van der Waals surface area contributed by atoms with Crippen molar-refractivity contribution in [3.05, 3.63) is 111 Å². The number of ketones is 1. The third kappa shape index (κ3) is 5.07. The Bertz CT molecular complexity index is 1170. The van der Waals surface area contributed by atoms with Crippen LogP contribution in [0.3, 0.4) is 0 Å². The smallest absolute Gasteiger partial charge is 0.315 e. The van der Waals surface area contributed by atoms with Gasteiger partial charge in [-0.15, -0.1) is 0 Å². The van der Waals surface area contributed by atoms with Crippen LogP contribution in [0.15, 0.2) is 78.9 Å². The van der Waals surface area contributed by atoms with Gasteiger partial charge in [-0.1, -0.05) is 65.1 Å². The van der Waals surface area contributed by atoms with Crippen molar-refractivity contribution in [1.82, 2.24) is 0 Å². The lowest BCUT2D eigenvalue weighted by Gasteiger charge is -2.29. The monoisotopic (exact) mass is 484 g/mol. The number of carbonyl (C=O) groups is 2. The Balaban J connectivity index is 1.60. The highest BCUT2D eigenvalue weighted by Gasteiger charge is 2.35. The zero-order valence-corrected chi connectivity index (χ0v) is 19.2. The minimum absolute atomic E-state index is 0.101. The molecule has 0 radical (unpaired) electrons. The lowest BCUT2D eigenvalue weighted by Crippen LogP contribution is -2.28. The lowest BCUT2D eigenvalue weighted by atomic mass is 9.80. The van der Waals surface area contributed by atoms with E-state index in [2.05, 4.69) is 0 Å². The van der Waals surface area contributed by atoms with E-state index in [1.807, 2.05) is 48.5 Å². The summed E-state index contributed by atoms with van der Waals surface area (Å²) in [6, 6.07) is 21.7. The fraction of sp³-hybridized carbons (Fsp3) is 0.154. The minimum Gasteiger partial charge on any atom is -0.426 e. The molecule has 0 aromatic heterocycles. The number of allylic oxidation sites excluding steroid dienone is 1. The molecule has 0 N–H and O–H groups in total. The molecule has 0 amide bonds. The van der Waals surface area contributed by atoms with Crippen LogP contribution in [0.2, 0.25) is 15.1 Å². The van der Waals surface area contributed by atoms with Crippen LogP contribution in [0.1, 0.15) is 40.2 Å². The SMILES string of the molecule is O=C(CC[C@@H]1C(=O)OC(c2ccc(Cl)cc2)=C[C@@H]1c1ccccc1)c1ccc(Cl)c(Cl)c1. The molecule has 0 unspecified atom stereocenters. The molecular formula is C26H19Cl3O3. The Morgan fingerprint density at radius 3 is 2.28 bits per heavy atom. The number of halogens is 3. The van der Waals surface area contributed by atoms with Gasteiger partial charge >= 0.3 is 5.97 Å². The number of benzene rings is 3. The first-order chi connectivity index (χ1) is 15.4.